The lowest BCUT2D eigenvalue weighted by Crippen LogP contribution is -2.33. The van der Waals surface area contributed by atoms with E-state index in [4.69, 9.17) is 4.99 Å². The van der Waals surface area contributed by atoms with Gasteiger partial charge in [-0.15, -0.1) is 0 Å². The number of hydrogen-bond acceptors (Lipinski definition) is 2. The van der Waals surface area contributed by atoms with Crippen LogP contribution in [0.15, 0.2) is 138 Å². The topological polar surface area (TPSA) is 24.4 Å². The first kappa shape index (κ1) is 22.1. The van der Waals surface area contributed by atoms with Crippen LogP contribution in [0.4, 0.5) is 11.4 Å². The Hall–Kier alpha value is -4.43. The van der Waals surface area contributed by atoms with Gasteiger partial charge in [0.1, 0.15) is 0 Å². The SMILES string of the molecule is C[C@@]1(c2ccc(-c3ccccc3)cc2)CC(c2ccc(-c3ccccc3)cc2)=Nc2ccccc2N1. The predicted molar refractivity (Wildman–Crippen MR) is 152 cm³/mol. The van der Waals surface area contributed by atoms with Crippen LogP contribution in [0, 0.1) is 0 Å². The fraction of sp³-hybridized carbons (Fsp3) is 0.0882. The molecule has 2 heteroatoms. The minimum Gasteiger partial charge on any atom is -0.374 e. The van der Waals surface area contributed by atoms with Crippen molar-refractivity contribution in [1.82, 2.24) is 0 Å². The number of nitrogens with one attached hydrogen (secondary N) is 1. The second-order valence-electron chi connectivity index (χ2n) is 9.60. The molecule has 0 saturated carbocycles. The minimum absolute atomic E-state index is 0.307. The number of fused-ring (bicyclic) bond motifs is 1. The summed E-state index contributed by atoms with van der Waals surface area (Å²) < 4.78 is 0. The van der Waals surface area contributed by atoms with Crippen molar-refractivity contribution in [3.8, 4) is 22.3 Å². The van der Waals surface area contributed by atoms with Gasteiger partial charge in [-0.1, -0.05) is 121 Å². The first-order valence-electron chi connectivity index (χ1n) is 12.4. The second kappa shape index (κ2) is 9.31. The molecular weight excluding hydrogens is 436 g/mol. The molecule has 0 amide bonds. The maximum atomic E-state index is 5.15. The number of anilines is 1. The minimum atomic E-state index is -0.307. The van der Waals surface area contributed by atoms with Gasteiger partial charge in [0.05, 0.1) is 22.6 Å². The number of benzene rings is 5. The fourth-order valence-corrected chi connectivity index (χ4v) is 5.03. The van der Waals surface area contributed by atoms with E-state index in [0.717, 1.165) is 29.1 Å². The third-order valence-corrected chi connectivity index (χ3v) is 7.05. The zero-order chi connectivity index (χ0) is 24.4. The van der Waals surface area contributed by atoms with Crippen LogP contribution in [0.2, 0.25) is 0 Å². The highest BCUT2D eigenvalue weighted by Crippen LogP contribution is 2.39. The molecule has 0 spiro atoms. The van der Waals surface area contributed by atoms with Crippen LogP contribution >= 0.6 is 0 Å². The van der Waals surface area contributed by atoms with Crippen LogP contribution < -0.4 is 5.32 Å². The van der Waals surface area contributed by atoms with Gasteiger partial charge in [-0.3, -0.25) is 4.99 Å². The summed E-state index contributed by atoms with van der Waals surface area (Å²) in [5.41, 5.74) is 10.1. The molecule has 0 unspecified atom stereocenters. The van der Waals surface area contributed by atoms with Gasteiger partial charge in [-0.2, -0.15) is 0 Å². The molecule has 6 rings (SSSR count). The average Bonchev–Trinajstić information content (AvgIpc) is 3.11. The summed E-state index contributed by atoms with van der Waals surface area (Å²) in [5.74, 6) is 0. The molecule has 2 nitrogen and oxygen atoms in total. The fourth-order valence-electron chi connectivity index (χ4n) is 5.03. The van der Waals surface area contributed by atoms with E-state index < -0.39 is 0 Å². The number of nitrogens with zero attached hydrogens (tertiary/aromatic N) is 1. The molecule has 5 aromatic carbocycles. The van der Waals surface area contributed by atoms with E-state index in [9.17, 15) is 0 Å². The summed E-state index contributed by atoms with van der Waals surface area (Å²) in [7, 11) is 0. The normalized spacial score (nSPS) is 16.9. The van der Waals surface area contributed by atoms with E-state index in [0.29, 0.717) is 0 Å². The van der Waals surface area contributed by atoms with Crippen LogP contribution in [0.5, 0.6) is 0 Å². The van der Waals surface area contributed by atoms with E-state index in [-0.39, 0.29) is 5.54 Å². The highest BCUT2D eigenvalue weighted by molar-refractivity contribution is 6.04. The summed E-state index contributed by atoms with van der Waals surface area (Å²) in [6.45, 7) is 2.28. The Morgan fingerprint density at radius 2 is 1.00 bits per heavy atom. The molecule has 0 saturated heterocycles. The van der Waals surface area contributed by atoms with Crippen molar-refractivity contribution in [2.24, 2.45) is 4.99 Å². The Labute approximate surface area is 213 Å². The van der Waals surface area contributed by atoms with E-state index in [2.05, 4.69) is 146 Å². The predicted octanol–water partition coefficient (Wildman–Crippen LogP) is 8.87. The highest BCUT2D eigenvalue weighted by Gasteiger charge is 2.32. The molecule has 0 aliphatic carbocycles. The van der Waals surface area contributed by atoms with Crippen molar-refractivity contribution in [3.63, 3.8) is 0 Å². The first-order chi connectivity index (χ1) is 17.7. The lowest BCUT2D eigenvalue weighted by molar-refractivity contribution is 0.571. The van der Waals surface area contributed by atoms with E-state index in [1.165, 1.54) is 27.8 Å². The van der Waals surface area contributed by atoms with Crippen molar-refractivity contribution in [1.29, 1.82) is 0 Å². The number of para-hydroxylation sites is 2. The van der Waals surface area contributed by atoms with E-state index in [1.807, 2.05) is 0 Å². The summed E-state index contributed by atoms with van der Waals surface area (Å²) in [6.07, 6.45) is 0.775. The van der Waals surface area contributed by atoms with Crippen molar-refractivity contribution >= 4 is 17.1 Å². The van der Waals surface area contributed by atoms with Crippen molar-refractivity contribution in [3.05, 3.63) is 145 Å². The van der Waals surface area contributed by atoms with Crippen LogP contribution in [0.3, 0.4) is 0 Å². The van der Waals surface area contributed by atoms with Gasteiger partial charge >= 0.3 is 0 Å². The molecule has 5 aromatic rings. The van der Waals surface area contributed by atoms with Crippen LogP contribution in [0.25, 0.3) is 22.3 Å². The van der Waals surface area contributed by atoms with E-state index in [1.54, 1.807) is 0 Å². The number of rotatable bonds is 4. The molecule has 1 heterocycles. The van der Waals surface area contributed by atoms with Gasteiger partial charge < -0.3 is 5.32 Å². The zero-order valence-corrected chi connectivity index (χ0v) is 20.4. The lowest BCUT2D eigenvalue weighted by Gasteiger charge is -2.32. The molecule has 0 bridgehead atoms. The molecule has 0 fully saturated rings. The molecule has 1 atom stereocenters. The van der Waals surface area contributed by atoms with Gasteiger partial charge in [0, 0.05) is 6.42 Å². The largest absolute Gasteiger partial charge is 0.374 e. The summed E-state index contributed by atoms with van der Waals surface area (Å²) in [6, 6.07) is 47.1. The number of hydrogen-bond donors (Lipinski definition) is 1. The quantitative estimate of drug-likeness (QED) is 0.282. The molecule has 1 aliphatic rings. The zero-order valence-electron chi connectivity index (χ0n) is 20.4. The van der Waals surface area contributed by atoms with Crippen molar-refractivity contribution in [2.75, 3.05) is 5.32 Å². The molecular formula is C34H28N2. The molecule has 0 radical (unpaired) electrons. The van der Waals surface area contributed by atoms with Gasteiger partial charge in [-0.25, -0.2) is 0 Å². The van der Waals surface area contributed by atoms with Gasteiger partial charge in [0.25, 0.3) is 0 Å². The standard InChI is InChI=1S/C34H28N2/c1-34(30-22-20-28(21-23-30)26-12-6-3-7-13-26)24-33(35-31-14-8-9-15-32(31)36-34)29-18-16-27(17-19-29)25-10-4-2-5-11-25/h2-23,36H,24H2,1H3/t34-/m0/s1. The Bertz CT molecular complexity index is 1500. The molecule has 1 aliphatic heterocycles. The average molecular weight is 465 g/mol. The summed E-state index contributed by atoms with van der Waals surface area (Å²) >= 11 is 0. The van der Waals surface area contributed by atoms with E-state index >= 15 is 0 Å². The van der Waals surface area contributed by atoms with Crippen LogP contribution in [-0.4, -0.2) is 5.71 Å². The van der Waals surface area contributed by atoms with Crippen LogP contribution in [0.1, 0.15) is 24.5 Å². The van der Waals surface area contributed by atoms with Crippen molar-refractivity contribution in [2.45, 2.75) is 18.9 Å². The monoisotopic (exact) mass is 464 g/mol. The van der Waals surface area contributed by atoms with Crippen LogP contribution in [-0.2, 0) is 5.54 Å². The van der Waals surface area contributed by atoms with Crippen molar-refractivity contribution < 1.29 is 0 Å². The smallest absolute Gasteiger partial charge is 0.0864 e. The Kier molecular flexibility index (Phi) is 5.71. The van der Waals surface area contributed by atoms with Gasteiger partial charge in [0.15, 0.2) is 0 Å². The van der Waals surface area contributed by atoms with Gasteiger partial charge in [-0.05, 0) is 52.4 Å². The molecule has 174 valence electrons. The maximum absolute atomic E-state index is 5.15. The maximum Gasteiger partial charge on any atom is 0.0864 e. The Balaban J connectivity index is 1.37. The summed E-state index contributed by atoms with van der Waals surface area (Å²) in [4.78, 5) is 5.15. The van der Waals surface area contributed by atoms with Gasteiger partial charge in [0.2, 0.25) is 0 Å². The lowest BCUT2D eigenvalue weighted by atomic mass is 9.84. The third kappa shape index (κ3) is 4.34. The molecule has 36 heavy (non-hydrogen) atoms. The Morgan fingerprint density at radius 3 is 1.61 bits per heavy atom. The molecule has 0 aromatic heterocycles. The number of aliphatic imine (C=N–C) groups is 1. The second-order valence-corrected chi connectivity index (χ2v) is 9.60. The molecule has 1 N–H and O–H groups in total. The Morgan fingerprint density at radius 1 is 0.528 bits per heavy atom. The first-order valence-corrected chi connectivity index (χ1v) is 12.4. The summed E-state index contributed by atoms with van der Waals surface area (Å²) in [5, 5.41) is 3.83. The highest BCUT2D eigenvalue weighted by atomic mass is 15.0. The third-order valence-electron chi connectivity index (χ3n) is 7.05.